The molecule has 3 rings (SSSR count). The molecule has 0 bridgehead atoms. The van der Waals surface area contributed by atoms with Gasteiger partial charge in [-0.15, -0.1) is 5.10 Å². The fraction of sp³-hybridized carbons (Fsp3) is 0.667. The molecule has 136 valence electrons. The summed E-state index contributed by atoms with van der Waals surface area (Å²) >= 11 is 0. The monoisotopic (exact) mass is 345 g/mol. The van der Waals surface area contributed by atoms with E-state index in [9.17, 15) is 4.79 Å². The third-order valence-corrected chi connectivity index (χ3v) is 5.90. The normalized spacial score (nSPS) is 22.0. The van der Waals surface area contributed by atoms with Gasteiger partial charge in [0, 0.05) is 38.4 Å². The molecule has 1 aliphatic rings. The molecule has 2 heterocycles. The third kappa shape index (κ3) is 2.70. The van der Waals surface area contributed by atoms with Crippen LogP contribution < -0.4 is 0 Å². The van der Waals surface area contributed by atoms with Crippen molar-refractivity contribution in [3.05, 3.63) is 17.8 Å². The molecule has 25 heavy (non-hydrogen) atoms. The average molecular weight is 345 g/mol. The summed E-state index contributed by atoms with van der Waals surface area (Å²) in [6, 6.07) is 1.95. The van der Waals surface area contributed by atoms with Crippen LogP contribution in [0.15, 0.2) is 12.3 Å². The van der Waals surface area contributed by atoms with E-state index in [0.717, 1.165) is 19.3 Å². The summed E-state index contributed by atoms with van der Waals surface area (Å²) in [4.78, 5) is 19.2. The first-order valence-electron chi connectivity index (χ1n) is 9.02. The lowest BCUT2D eigenvalue weighted by Crippen LogP contribution is -2.64. The number of nitrogens with zero attached hydrogens (tertiary/aromatic N) is 5. The number of ether oxygens (including phenoxy) is 1. The summed E-state index contributed by atoms with van der Waals surface area (Å²) in [5.41, 5.74) is 1.90. The van der Waals surface area contributed by atoms with E-state index < -0.39 is 0 Å². The second-order valence-corrected chi connectivity index (χ2v) is 6.83. The molecule has 7 heteroatoms. The smallest absolute Gasteiger partial charge is 0.255 e. The zero-order chi connectivity index (χ0) is 18.2. The van der Waals surface area contributed by atoms with Crippen LogP contribution in [-0.2, 0) is 11.8 Å². The van der Waals surface area contributed by atoms with Crippen LogP contribution in [0.1, 0.15) is 50.4 Å². The molecule has 0 radical (unpaired) electrons. The first-order valence-corrected chi connectivity index (χ1v) is 9.02. The molecule has 1 fully saturated rings. The summed E-state index contributed by atoms with van der Waals surface area (Å²) in [6.45, 7) is 7.12. The Morgan fingerprint density at radius 1 is 1.40 bits per heavy atom. The molecule has 7 nitrogen and oxygen atoms in total. The zero-order valence-electron chi connectivity index (χ0n) is 15.7. The molecule has 0 spiro atoms. The van der Waals surface area contributed by atoms with Gasteiger partial charge < -0.3 is 9.64 Å². The number of amides is 1. The van der Waals surface area contributed by atoms with Crippen molar-refractivity contribution in [3.63, 3.8) is 0 Å². The Balaban J connectivity index is 1.83. The highest BCUT2D eigenvalue weighted by Gasteiger charge is 2.55. The number of carbonyl (C=O) groups is 1. The van der Waals surface area contributed by atoms with Crippen LogP contribution in [-0.4, -0.2) is 56.6 Å². The summed E-state index contributed by atoms with van der Waals surface area (Å²) < 4.78 is 7.53. The van der Waals surface area contributed by atoms with Crippen LogP contribution in [0.4, 0.5) is 0 Å². The second kappa shape index (κ2) is 6.71. The van der Waals surface area contributed by atoms with Crippen molar-refractivity contribution < 1.29 is 9.53 Å². The summed E-state index contributed by atoms with van der Waals surface area (Å²) in [5, 5.41) is 8.00. The Labute approximate surface area is 148 Å². The maximum Gasteiger partial charge on any atom is 0.255 e. The molecule has 0 aliphatic heterocycles. The SMILES string of the molecule is CCO[C@H]1C[C@H](N(C)C(=O)c2cnc3c(c2)nnn3C)C1(CC)CC. The largest absolute Gasteiger partial charge is 0.378 e. The molecular weight excluding hydrogens is 318 g/mol. The molecule has 2 atom stereocenters. The van der Waals surface area contributed by atoms with E-state index >= 15 is 0 Å². The predicted octanol–water partition coefficient (Wildman–Crippen LogP) is 2.42. The van der Waals surface area contributed by atoms with Crippen molar-refractivity contribution >= 4 is 17.1 Å². The summed E-state index contributed by atoms with van der Waals surface area (Å²) in [6.07, 6.45) is 4.73. The van der Waals surface area contributed by atoms with Gasteiger partial charge >= 0.3 is 0 Å². The van der Waals surface area contributed by atoms with Crippen molar-refractivity contribution in [2.75, 3.05) is 13.7 Å². The van der Waals surface area contributed by atoms with E-state index in [1.807, 2.05) is 18.9 Å². The number of pyridine rings is 1. The quantitative estimate of drug-likeness (QED) is 0.804. The first kappa shape index (κ1) is 17.8. The fourth-order valence-corrected chi connectivity index (χ4v) is 4.27. The molecular formula is C18H27N5O2. The maximum atomic E-state index is 13.0. The van der Waals surface area contributed by atoms with Crippen molar-refractivity contribution in [2.24, 2.45) is 12.5 Å². The number of aromatic nitrogens is 4. The number of carbonyl (C=O) groups excluding carboxylic acids is 1. The summed E-state index contributed by atoms with van der Waals surface area (Å²) in [7, 11) is 3.67. The minimum Gasteiger partial charge on any atom is -0.378 e. The average Bonchev–Trinajstić information content (AvgIpc) is 2.99. The van der Waals surface area contributed by atoms with Crippen LogP contribution in [0.2, 0.25) is 0 Å². The molecule has 0 aromatic carbocycles. The van der Waals surface area contributed by atoms with Gasteiger partial charge in [0.2, 0.25) is 0 Å². The minimum atomic E-state index is -0.0220. The van der Waals surface area contributed by atoms with Gasteiger partial charge in [-0.25, -0.2) is 9.67 Å². The minimum absolute atomic E-state index is 0.0220. The van der Waals surface area contributed by atoms with Gasteiger partial charge in [-0.05, 0) is 32.3 Å². The number of aryl methyl sites for hydroxylation is 1. The molecule has 2 aromatic heterocycles. The van der Waals surface area contributed by atoms with Crippen molar-refractivity contribution in [2.45, 2.75) is 52.2 Å². The molecule has 1 saturated carbocycles. The molecule has 0 saturated heterocycles. The van der Waals surface area contributed by atoms with Crippen LogP contribution in [0.25, 0.3) is 11.2 Å². The summed E-state index contributed by atoms with van der Waals surface area (Å²) in [5.74, 6) is -0.0220. The van der Waals surface area contributed by atoms with Crippen molar-refractivity contribution in [1.82, 2.24) is 24.9 Å². The van der Waals surface area contributed by atoms with Crippen LogP contribution >= 0.6 is 0 Å². The highest BCUT2D eigenvalue weighted by molar-refractivity contribution is 5.96. The van der Waals surface area contributed by atoms with Gasteiger partial charge in [0.15, 0.2) is 5.65 Å². The van der Waals surface area contributed by atoms with Gasteiger partial charge in [-0.3, -0.25) is 4.79 Å². The molecule has 2 aromatic rings. The van der Waals surface area contributed by atoms with Crippen LogP contribution in [0.5, 0.6) is 0 Å². The zero-order valence-corrected chi connectivity index (χ0v) is 15.7. The Morgan fingerprint density at radius 2 is 2.12 bits per heavy atom. The predicted molar refractivity (Wildman–Crippen MR) is 95.2 cm³/mol. The van der Waals surface area contributed by atoms with E-state index in [0.29, 0.717) is 23.3 Å². The van der Waals surface area contributed by atoms with Gasteiger partial charge in [0.25, 0.3) is 5.91 Å². The van der Waals surface area contributed by atoms with E-state index in [2.05, 4.69) is 29.1 Å². The highest BCUT2D eigenvalue weighted by atomic mass is 16.5. The highest BCUT2D eigenvalue weighted by Crippen LogP contribution is 2.51. The Bertz CT molecular complexity index is 768. The number of hydrogen-bond acceptors (Lipinski definition) is 5. The standard InChI is InChI=1S/C18H27N5O2/c1-6-18(7-2)14(10-15(18)25-8-3)22(4)17(24)12-9-13-16(19-11-12)23(5)21-20-13/h9,11,14-15H,6-8,10H2,1-5H3/t14-,15-/m0/s1. The fourth-order valence-electron chi connectivity index (χ4n) is 4.27. The van der Waals surface area contributed by atoms with Gasteiger partial charge in [-0.1, -0.05) is 19.1 Å². The first-order chi connectivity index (χ1) is 12.0. The number of fused-ring (bicyclic) bond motifs is 1. The van der Waals surface area contributed by atoms with Crippen LogP contribution in [0, 0.1) is 5.41 Å². The molecule has 0 N–H and O–H groups in total. The van der Waals surface area contributed by atoms with Gasteiger partial charge in [0.1, 0.15) is 5.52 Å². The molecule has 1 aliphatic carbocycles. The maximum absolute atomic E-state index is 13.0. The lowest BCUT2D eigenvalue weighted by Gasteiger charge is -2.58. The lowest BCUT2D eigenvalue weighted by atomic mass is 9.58. The molecule has 1 amide bonds. The molecule has 0 unspecified atom stereocenters. The van der Waals surface area contributed by atoms with Gasteiger partial charge in [0.05, 0.1) is 11.7 Å². The Kier molecular flexibility index (Phi) is 4.77. The third-order valence-electron chi connectivity index (χ3n) is 5.90. The Hall–Kier alpha value is -2.02. The van der Waals surface area contributed by atoms with Crippen LogP contribution in [0.3, 0.4) is 0 Å². The van der Waals surface area contributed by atoms with Gasteiger partial charge in [-0.2, -0.15) is 0 Å². The van der Waals surface area contributed by atoms with Crippen molar-refractivity contribution in [3.8, 4) is 0 Å². The van der Waals surface area contributed by atoms with E-state index in [1.165, 1.54) is 0 Å². The topological polar surface area (TPSA) is 73.1 Å². The second-order valence-electron chi connectivity index (χ2n) is 6.83. The number of rotatable bonds is 6. The van der Waals surface area contributed by atoms with E-state index in [-0.39, 0.29) is 23.5 Å². The lowest BCUT2D eigenvalue weighted by molar-refractivity contribution is -0.159. The number of hydrogen-bond donors (Lipinski definition) is 0. The van der Waals surface area contributed by atoms with Crippen molar-refractivity contribution in [1.29, 1.82) is 0 Å². The van der Waals surface area contributed by atoms with E-state index in [1.54, 1.807) is 24.0 Å². The van der Waals surface area contributed by atoms with E-state index in [4.69, 9.17) is 4.74 Å². The Morgan fingerprint density at radius 3 is 2.76 bits per heavy atom.